The Kier molecular flexibility index (Phi) is 11.2. The summed E-state index contributed by atoms with van der Waals surface area (Å²) >= 11 is 0. The van der Waals surface area contributed by atoms with Crippen molar-refractivity contribution >= 4 is 5.91 Å². The molecule has 3 N–H and O–H groups in total. The highest BCUT2D eigenvalue weighted by Gasteiger charge is 2.10. The van der Waals surface area contributed by atoms with Crippen LogP contribution in [0.3, 0.4) is 0 Å². The summed E-state index contributed by atoms with van der Waals surface area (Å²) in [6, 6.07) is 0. The van der Waals surface area contributed by atoms with Crippen molar-refractivity contribution in [3.8, 4) is 0 Å². The lowest BCUT2D eigenvalue weighted by atomic mass is 10.0. The number of aliphatic hydroxyl groups excluding tert-OH is 1. The molecule has 70 valence electrons. The van der Waals surface area contributed by atoms with Crippen molar-refractivity contribution in [1.29, 1.82) is 0 Å². The van der Waals surface area contributed by atoms with Crippen LogP contribution in [0.5, 0.6) is 0 Å². The van der Waals surface area contributed by atoms with Crippen molar-refractivity contribution in [2.45, 2.75) is 33.6 Å². The number of carbonyl (C=O) groups excluding carboxylic acids is 1. The molecule has 3 nitrogen and oxygen atoms in total. The van der Waals surface area contributed by atoms with Gasteiger partial charge in [-0.3, -0.25) is 4.79 Å². The maximum Gasteiger partial charge on any atom is 0.220 e. The van der Waals surface area contributed by atoms with E-state index >= 15 is 0 Å². The smallest absolute Gasteiger partial charge is 0.220 e. The predicted molar refractivity (Wildman–Crippen MR) is 48.1 cm³/mol. The molecule has 0 radical (unpaired) electrons. The normalized spacial score (nSPS) is 11.3. The quantitative estimate of drug-likeness (QED) is 0.653. The third-order valence-electron chi connectivity index (χ3n) is 1.37. The van der Waals surface area contributed by atoms with Crippen LogP contribution < -0.4 is 5.73 Å². The second kappa shape index (κ2) is 9.43. The molecule has 0 rings (SSSR count). The molecule has 11 heavy (non-hydrogen) atoms. The number of nitrogens with two attached hydrogens (primary N) is 1. The maximum absolute atomic E-state index is 10.4. The maximum atomic E-state index is 10.4. The van der Waals surface area contributed by atoms with Crippen LogP contribution in [0.1, 0.15) is 35.0 Å². The van der Waals surface area contributed by atoms with E-state index in [2.05, 4.69) is 0 Å². The summed E-state index contributed by atoms with van der Waals surface area (Å²) < 4.78 is 0. The first-order valence-electron chi connectivity index (χ1n) is 4.12. The summed E-state index contributed by atoms with van der Waals surface area (Å²) in [7, 11) is 0. The van der Waals surface area contributed by atoms with Gasteiger partial charge in [0.2, 0.25) is 5.91 Å². The number of primary amides is 1. The van der Waals surface area contributed by atoms with Crippen molar-refractivity contribution in [3.63, 3.8) is 0 Å². The fraction of sp³-hybridized carbons (Fsp3) is 0.875. The lowest BCUT2D eigenvalue weighted by Gasteiger charge is -2.06. The molecule has 0 spiro atoms. The van der Waals surface area contributed by atoms with Crippen molar-refractivity contribution in [2.24, 2.45) is 11.7 Å². The Bertz CT molecular complexity index is 99.1. The molecule has 0 bridgehead atoms. The average Bonchev–Trinajstić information content (AvgIpc) is 2.03. The second-order valence-electron chi connectivity index (χ2n) is 2.02. The van der Waals surface area contributed by atoms with Gasteiger partial charge in [0.25, 0.3) is 0 Å². The van der Waals surface area contributed by atoms with E-state index in [9.17, 15) is 4.79 Å². The van der Waals surface area contributed by atoms with Gasteiger partial charge in [-0.2, -0.15) is 0 Å². The summed E-state index contributed by atoms with van der Waals surface area (Å²) in [5.74, 6) is -0.457. The van der Waals surface area contributed by atoms with E-state index in [0.29, 0.717) is 6.42 Å². The van der Waals surface area contributed by atoms with Gasteiger partial charge in [0.15, 0.2) is 0 Å². The largest absolute Gasteiger partial charge is 0.396 e. The number of hydrogen-bond acceptors (Lipinski definition) is 2. The first-order valence-corrected chi connectivity index (χ1v) is 4.12. The van der Waals surface area contributed by atoms with E-state index in [1.165, 1.54) is 0 Å². The van der Waals surface area contributed by atoms with E-state index in [0.717, 1.165) is 6.42 Å². The van der Waals surface area contributed by atoms with Crippen LogP contribution >= 0.6 is 0 Å². The number of aliphatic hydroxyl groups is 1. The Hall–Kier alpha value is -0.570. The molecule has 0 aromatic heterocycles. The van der Waals surface area contributed by atoms with E-state index < -0.39 is 0 Å². The minimum Gasteiger partial charge on any atom is -0.396 e. The zero-order valence-electron chi connectivity index (χ0n) is 7.63. The van der Waals surface area contributed by atoms with Gasteiger partial charge >= 0.3 is 0 Å². The Morgan fingerprint density at radius 3 is 2.18 bits per heavy atom. The average molecular weight is 163 g/mol. The van der Waals surface area contributed by atoms with Gasteiger partial charge in [0.1, 0.15) is 0 Å². The molecular formula is C8H21NO2. The zero-order valence-corrected chi connectivity index (χ0v) is 7.63. The highest BCUT2D eigenvalue weighted by molar-refractivity contribution is 5.76. The molecule has 0 aliphatic carbocycles. The second-order valence-corrected chi connectivity index (χ2v) is 2.02. The molecule has 1 atom stereocenters. The molecule has 1 unspecified atom stereocenters. The lowest BCUT2D eigenvalue weighted by Crippen LogP contribution is -2.23. The Balaban J connectivity index is -0.000000249. The van der Waals surface area contributed by atoms with Crippen LogP contribution in [0.15, 0.2) is 0 Å². The fourth-order valence-corrected chi connectivity index (χ4v) is 0.703. The first-order chi connectivity index (χ1) is 5.22. The molecule has 0 aromatic rings. The molecule has 3 heteroatoms. The third kappa shape index (κ3) is 7.33. The zero-order chi connectivity index (χ0) is 9.28. The minimum absolute atomic E-state index is 0. The van der Waals surface area contributed by atoms with Crippen LogP contribution in [-0.2, 0) is 4.79 Å². The first kappa shape index (κ1) is 13.1. The summed E-state index contributed by atoms with van der Waals surface area (Å²) in [5, 5.41) is 8.41. The van der Waals surface area contributed by atoms with E-state index in [1.807, 2.05) is 20.8 Å². The Labute approximate surface area is 70.1 Å². The minimum atomic E-state index is -0.313. The number of amides is 1. The molecule has 0 fully saturated rings. The van der Waals surface area contributed by atoms with Gasteiger partial charge in [0, 0.05) is 14.0 Å². The molecule has 0 aromatic carbocycles. The van der Waals surface area contributed by atoms with Crippen molar-refractivity contribution in [1.82, 2.24) is 0 Å². The van der Waals surface area contributed by atoms with Gasteiger partial charge in [-0.1, -0.05) is 20.8 Å². The molecule has 0 saturated carbocycles. The highest BCUT2D eigenvalue weighted by atomic mass is 16.3. The lowest BCUT2D eigenvalue weighted by molar-refractivity contribution is -0.122. The molecule has 0 saturated heterocycles. The summed E-state index contributed by atoms with van der Waals surface area (Å²) in [5.41, 5.74) is 4.98. The number of rotatable bonds is 4. The molecule has 0 aliphatic heterocycles. The van der Waals surface area contributed by atoms with Crippen LogP contribution in [0.25, 0.3) is 0 Å². The van der Waals surface area contributed by atoms with E-state index in [-0.39, 0.29) is 19.9 Å². The van der Waals surface area contributed by atoms with Gasteiger partial charge in [-0.25, -0.2) is 0 Å². The summed E-state index contributed by atoms with van der Waals surface area (Å²) in [6.07, 6.45) is 1.21. The number of carbonyl (C=O) groups is 1. The highest BCUT2D eigenvalue weighted by Crippen LogP contribution is 2.04. The topological polar surface area (TPSA) is 63.3 Å². The predicted octanol–water partition coefficient (Wildman–Crippen LogP) is 1.15. The van der Waals surface area contributed by atoms with Gasteiger partial charge in [-0.05, 0) is 12.8 Å². The molecule has 0 heterocycles. The van der Waals surface area contributed by atoms with Gasteiger partial charge in [-0.15, -0.1) is 0 Å². The Morgan fingerprint density at radius 2 is 2.09 bits per heavy atom. The Morgan fingerprint density at radius 1 is 1.64 bits per heavy atom. The number of hydrogen-bond donors (Lipinski definition) is 2. The van der Waals surface area contributed by atoms with Crippen molar-refractivity contribution < 1.29 is 11.3 Å². The van der Waals surface area contributed by atoms with Gasteiger partial charge in [0.05, 0.1) is 0 Å². The monoisotopic (exact) mass is 163 g/mol. The van der Waals surface area contributed by atoms with Crippen LogP contribution in [0.2, 0.25) is 0 Å². The van der Waals surface area contributed by atoms with Crippen molar-refractivity contribution in [3.05, 3.63) is 0 Å². The SMILES string of the molecule is CC.CCC(CCO)C(N)=O.[HH]. The van der Waals surface area contributed by atoms with Gasteiger partial charge < -0.3 is 10.8 Å². The van der Waals surface area contributed by atoms with E-state index in [1.54, 1.807) is 0 Å². The van der Waals surface area contributed by atoms with Crippen LogP contribution in [0, 0.1) is 5.92 Å². The van der Waals surface area contributed by atoms with Crippen molar-refractivity contribution in [2.75, 3.05) is 6.61 Å². The van der Waals surface area contributed by atoms with E-state index in [4.69, 9.17) is 10.8 Å². The molecule has 0 aliphatic rings. The third-order valence-corrected chi connectivity index (χ3v) is 1.37. The summed E-state index contributed by atoms with van der Waals surface area (Å²) in [6.45, 7) is 5.92. The standard InChI is InChI=1S/C6H13NO2.C2H6.H2/c1-2-5(3-4-8)6(7)9;1-2;/h5,8H,2-4H2,1H3,(H2,7,9);1-2H3;1H. The molecular weight excluding hydrogens is 142 g/mol. The summed E-state index contributed by atoms with van der Waals surface area (Å²) in [4.78, 5) is 10.4. The fourth-order valence-electron chi connectivity index (χ4n) is 0.703. The van der Waals surface area contributed by atoms with Crippen LogP contribution in [-0.4, -0.2) is 17.6 Å². The molecule has 1 amide bonds. The van der Waals surface area contributed by atoms with Crippen LogP contribution in [0.4, 0.5) is 0 Å².